The van der Waals surface area contributed by atoms with E-state index in [9.17, 15) is 18.0 Å². The first-order chi connectivity index (χ1) is 15.7. The first kappa shape index (κ1) is 23.9. The molecule has 0 atom stereocenters. The minimum atomic E-state index is -4.01. The Bertz CT molecular complexity index is 1300. The maximum atomic E-state index is 12.7. The number of amides is 2. The summed E-state index contributed by atoms with van der Waals surface area (Å²) in [6, 6.07) is 16.3. The van der Waals surface area contributed by atoms with Crippen molar-refractivity contribution < 1.29 is 27.5 Å². The average molecular weight is 490 g/mol. The molecule has 3 N–H and O–H groups in total. The topological polar surface area (TPSA) is 123 Å². The van der Waals surface area contributed by atoms with Gasteiger partial charge in [0.05, 0.1) is 35.4 Å². The van der Waals surface area contributed by atoms with Crippen molar-refractivity contribution in [3.05, 3.63) is 82.9 Å². The number of halogens is 1. The Balaban J connectivity index is 1.72. The molecule has 0 aliphatic heterocycles. The fraction of sp³-hybridized carbons (Fsp3) is 0.0909. The molecule has 9 nitrogen and oxygen atoms in total. The van der Waals surface area contributed by atoms with Crippen LogP contribution in [-0.2, 0) is 10.0 Å². The van der Waals surface area contributed by atoms with Gasteiger partial charge in [0.1, 0.15) is 11.5 Å². The quantitative estimate of drug-likeness (QED) is 0.438. The number of para-hydroxylation sites is 1. The van der Waals surface area contributed by atoms with Crippen LogP contribution in [0.15, 0.2) is 71.6 Å². The van der Waals surface area contributed by atoms with Crippen molar-refractivity contribution in [1.82, 2.24) is 10.9 Å². The molecule has 0 aliphatic carbocycles. The minimum absolute atomic E-state index is 0.0130. The van der Waals surface area contributed by atoms with Gasteiger partial charge in [0.15, 0.2) is 0 Å². The molecule has 3 aromatic carbocycles. The van der Waals surface area contributed by atoms with Gasteiger partial charge < -0.3 is 9.47 Å². The molecule has 11 heteroatoms. The van der Waals surface area contributed by atoms with E-state index in [-0.39, 0.29) is 32.5 Å². The molecule has 3 aromatic rings. The number of benzene rings is 3. The lowest BCUT2D eigenvalue weighted by Crippen LogP contribution is -2.41. The second kappa shape index (κ2) is 10.2. The van der Waals surface area contributed by atoms with Gasteiger partial charge in [0.25, 0.3) is 21.8 Å². The fourth-order valence-corrected chi connectivity index (χ4v) is 4.16. The molecule has 0 unspecified atom stereocenters. The van der Waals surface area contributed by atoms with Gasteiger partial charge in [-0.15, -0.1) is 0 Å². The van der Waals surface area contributed by atoms with Crippen molar-refractivity contribution in [2.45, 2.75) is 4.90 Å². The molecular formula is C22H20ClN3O6S. The number of methoxy groups -OCH3 is 2. The van der Waals surface area contributed by atoms with Gasteiger partial charge in [-0.2, -0.15) is 0 Å². The summed E-state index contributed by atoms with van der Waals surface area (Å²) in [5.74, 6) is -0.603. The number of nitrogens with one attached hydrogen (secondary N) is 3. The van der Waals surface area contributed by atoms with E-state index in [4.69, 9.17) is 21.1 Å². The standard InChI is InChI=1S/C22H20ClN3O6S/c1-31-15-10-11-17(20(13-15)32-2)22(28)25-24-21(27)14-6-5-7-16(12-14)33(29,30)26-19-9-4-3-8-18(19)23/h3-13,26H,1-2H3,(H,24,27)(H,25,28). The molecule has 0 fully saturated rings. The summed E-state index contributed by atoms with van der Waals surface area (Å²) in [6.07, 6.45) is 0. The second-order valence-corrected chi connectivity index (χ2v) is 8.68. The molecule has 0 radical (unpaired) electrons. The number of ether oxygens (including phenoxy) is 2. The molecule has 0 aliphatic rings. The number of rotatable bonds is 7. The van der Waals surface area contributed by atoms with Crippen LogP contribution in [0.5, 0.6) is 11.5 Å². The van der Waals surface area contributed by atoms with Crippen LogP contribution in [0.4, 0.5) is 5.69 Å². The van der Waals surface area contributed by atoms with Crippen LogP contribution in [0.2, 0.25) is 5.02 Å². The Morgan fingerprint density at radius 2 is 1.58 bits per heavy atom. The predicted molar refractivity (Wildman–Crippen MR) is 123 cm³/mol. The second-order valence-electron chi connectivity index (χ2n) is 6.59. The van der Waals surface area contributed by atoms with Crippen molar-refractivity contribution in [3.63, 3.8) is 0 Å². The molecule has 0 aromatic heterocycles. The lowest BCUT2D eigenvalue weighted by molar-refractivity contribution is 0.0844. The number of sulfonamides is 1. The van der Waals surface area contributed by atoms with Gasteiger partial charge in [0.2, 0.25) is 0 Å². The van der Waals surface area contributed by atoms with Gasteiger partial charge in [-0.05, 0) is 42.5 Å². The van der Waals surface area contributed by atoms with Crippen molar-refractivity contribution >= 4 is 39.1 Å². The third kappa shape index (κ3) is 5.73. The third-order valence-electron chi connectivity index (χ3n) is 4.47. The van der Waals surface area contributed by atoms with E-state index < -0.39 is 21.8 Å². The highest BCUT2D eigenvalue weighted by Crippen LogP contribution is 2.25. The van der Waals surface area contributed by atoms with E-state index in [0.29, 0.717) is 5.75 Å². The van der Waals surface area contributed by atoms with E-state index >= 15 is 0 Å². The lowest BCUT2D eigenvalue weighted by Gasteiger charge is -2.12. The van der Waals surface area contributed by atoms with Crippen LogP contribution in [0.1, 0.15) is 20.7 Å². The largest absolute Gasteiger partial charge is 0.497 e. The number of carbonyl (C=O) groups excluding carboxylic acids is 2. The zero-order valence-electron chi connectivity index (χ0n) is 17.6. The summed E-state index contributed by atoms with van der Waals surface area (Å²) in [5, 5.41) is 0.228. The normalized spacial score (nSPS) is 10.8. The van der Waals surface area contributed by atoms with Crippen LogP contribution in [0.25, 0.3) is 0 Å². The SMILES string of the molecule is COc1ccc(C(=O)NNC(=O)c2cccc(S(=O)(=O)Nc3ccccc3Cl)c2)c(OC)c1. The highest BCUT2D eigenvalue weighted by atomic mass is 35.5. The highest BCUT2D eigenvalue weighted by molar-refractivity contribution is 7.92. The Kier molecular flexibility index (Phi) is 7.41. The summed E-state index contributed by atoms with van der Waals surface area (Å²) in [5.41, 5.74) is 4.91. The Morgan fingerprint density at radius 1 is 0.848 bits per heavy atom. The summed E-state index contributed by atoms with van der Waals surface area (Å²) in [6.45, 7) is 0. The smallest absolute Gasteiger partial charge is 0.273 e. The zero-order valence-corrected chi connectivity index (χ0v) is 19.2. The van der Waals surface area contributed by atoms with Gasteiger partial charge in [-0.25, -0.2) is 8.42 Å². The van der Waals surface area contributed by atoms with Gasteiger partial charge in [0, 0.05) is 11.6 Å². The Labute approximate surface area is 195 Å². The van der Waals surface area contributed by atoms with Gasteiger partial charge in [-0.1, -0.05) is 29.8 Å². The first-order valence-electron chi connectivity index (χ1n) is 9.45. The number of carbonyl (C=O) groups is 2. The number of hydrazine groups is 1. The van der Waals surface area contributed by atoms with Crippen LogP contribution >= 0.6 is 11.6 Å². The Morgan fingerprint density at radius 3 is 2.27 bits per heavy atom. The maximum Gasteiger partial charge on any atom is 0.273 e. The molecular weight excluding hydrogens is 470 g/mol. The maximum absolute atomic E-state index is 12.7. The molecule has 0 heterocycles. The molecule has 0 spiro atoms. The first-order valence-corrected chi connectivity index (χ1v) is 11.3. The van der Waals surface area contributed by atoms with Crippen molar-refractivity contribution in [2.75, 3.05) is 18.9 Å². The third-order valence-corrected chi connectivity index (χ3v) is 6.16. The van der Waals surface area contributed by atoms with E-state index in [1.54, 1.807) is 24.3 Å². The van der Waals surface area contributed by atoms with E-state index in [1.165, 1.54) is 56.7 Å². The fourth-order valence-electron chi connectivity index (χ4n) is 2.79. The molecule has 0 saturated heterocycles. The van der Waals surface area contributed by atoms with Crippen molar-refractivity contribution in [1.29, 1.82) is 0 Å². The molecule has 0 bridgehead atoms. The Hall–Kier alpha value is -3.76. The van der Waals surface area contributed by atoms with E-state index in [2.05, 4.69) is 15.6 Å². The number of hydrogen-bond donors (Lipinski definition) is 3. The van der Waals surface area contributed by atoms with Crippen LogP contribution < -0.4 is 25.0 Å². The van der Waals surface area contributed by atoms with Crippen LogP contribution in [-0.4, -0.2) is 34.5 Å². The number of hydrogen-bond acceptors (Lipinski definition) is 6. The highest BCUT2D eigenvalue weighted by Gasteiger charge is 2.19. The summed E-state index contributed by atoms with van der Waals surface area (Å²) in [4.78, 5) is 24.8. The molecule has 2 amide bonds. The van der Waals surface area contributed by atoms with Crippen LogP contribution in [0, 0.1) is 0 Å². The number of anilines is 1. The molecule has 33 heavy (non-hydrogen) atoms. The monoisotopic (exact) mass is 489 g/mol. The zero-order chi connectivity index (χ0) is 24.0. The molecule has 172 valence electrons. The average Bonchev–Trinajstić information content (AvgIpc) is 2.83. The van der Waals surface area contributed by atoms with Crippen molar-refractivity contribution in [3.8, 4) is 11.5 Å². The predicted octanol–water partition coefficient (Wildman–Crippen LogP) is 3.23. The molecule has 0 saturated carbocycles. The van der Waals surface area contributed by atoms with Crippen LogP contribution in [0.3, 0.4) is 0 Å². The van der Waals surface area contributed by atoms with Gasteiger partial charge in [-0.3, -0.25) is 25.2 Å². The van der Waals surface area contributed by atoms with Gasteiger partial charge >= 0.3 is 0 Å². The summed E-state index contributed by atoms with van der Waals surface area (Å²) >= 11 is 6.01. The minimum Gasteiger partial charge on any atom is -0.497 e. The summed E-state index contributed by atoms with van der Waals surface area (Å²) in [7, 11) is -1.14. The molecule has 3 rings (SSSR count). The van der Waals surface area contributed by atoms with E-state index in [0.717, 1.165) is 0 Å². The van der Waals surface area contributed by atoms with E-state index in [1.807, 2.05) is 0 Å². The van der Waals surface area contributed by atoms with Crippen molar-refractivity contribution in [2.24, 2.45) is 0 Å². The lowest BCUT2D eigenvalue weighted by atomic mass is 10.2. The summed E-state index contributed by atoms with van der Waals surface area (Å²) < 4.78 is 38.1.